The van der Waals surface area contributed by atoms with E-state index in [1.165, 1.54) is 0 Å². The molecule has 0 unspecified atom stereocenters. The Hall–Kier alpha value is -2.77. The molecule has 0 fully saturated rings. The third kappa shape index (κ3) is 12.2. The number of nitrogen functional groups attached to an aromatic ring is 1. The van der Waals surface area contributed by atoms with Crippen molar-refractivity contribution in [1.29, 1.82) is 0 Å². The monoisotopic (exact) mass is 464 g/mol. The summed E-state index contributed by atoms with van der Waals surface area (Å²) in [5.74, 6) is -1.85. The van der Waals surface area contributed by atoms with Gasteiger partial charge in [-0.2, -0.15) is 0 Å². The van der Waals surface area contributed by atoms with Gasteiger partial charge in [-0.3, -0.25) is 4.79 Å². The first-order valence-electron chi connectivity index (χ1n) is 11.1. The Morgan fingerprint density at radius 1 is 0.788 bits per heavy atom. The van der Waals surface area contributed by atoms with E-state index in [1.54, 1.807) is 74.4 Å². The molecule has 0 aliphatic heterocycles. The molecule has 0 saturated carbocycles. The molecule has 0 aliphatic carbocycles. The van der Waals surface area contributed by atoms with Crippen LogP contribution in [0.2, 0.25) is 0 Å². The molecule has 0 aliphatic rings. The highest BCUT2D eigenvalue weighted by molar-refractivity contribution is 5.83. The molecular formula is C25H40N2O6. The van der Waals surface area contributed by atoms with Crippen molar-refractivity contribution in [3.8, 4) is 0 Å². The van der Waals surface area contributed by atoms with Crippen molar-refractivity contribution in [1.82, 2.24) is 5.32 Å². The number of nitrogens with one attached hydrogen (secondary N) is 1. The molecule has 0 bridgehead atoms. The number of anilines is 1. The van der Waals surface area contributed by atoms with Crippen LogP contribution in [-0.4, -0.2) is 40.9 Å². The van der Waals surface area contributed by atoms with Crippen LogP contribution in [0.3, 0.4) is 0 Å². The molecule has 1 amide bonds. The zero-order valence-electron chi connectivity index (χ0n) is 21.4. The second-order valence-electron chi connectivity index (χ2n) is 11.1. The van der Waals surface area contributed by atoms with Crippen LogP contribution in [0.25, 0.3) is 0 Å². The fourth-order valence-electron chi connectivity index (χ4n) is 2.91. The Labute approximate surface area is 197 Å². The second kappa shape index (κ2) is 10.9. The highest BCUT2D eigenvalue weighted by Crippen LogP contribution is 2.22. The number of benzene rings is 1. The van der Waals surface area contributed by atoms with E-state index in [0.29, 0.717) is 12.1 Å². The maximum atomic E-state index is 13.0. The number of carbonyl (C=O) groups excluding carboxylic acids is 3. The second-order valence-corrected chi connectivity index (χ2v) is 11.1. The quantitative estimate of drug-likeness (QED) is 0.349. The zero-order chi connectivity index (χ0) is 25.6. The molecule has 0 spiro atoms. The maximum absolute atomic E-state index is 13.0. The van der Waals surface area contributed by atoms with Gasteiger partial charge in [-0.25, -0.2) is 9.59 Å². The van der Waals surface area contributed by atoms with Gasteiger partial charge in [0.05, 0.1) is 5.92 Å². The van der Waals surface area contributed by atoms with E-state index in [9.17, 15) is 14.4 Å². The van der Waals surface area contributed by atoms with Crippen molar-refractivity contribution in [2.45, 2.75) is 98.0 Å². The zero-order valence-corrected chi connectivity index (χ0v) is 21.4. The van der Waals surface area contributed by atoms with Crippen LogP contribution < -0.4 is 11.1 Å². The van der Waals surface area contributed by atoms with Crippen molar-refractivity contribution in [2.75, 3.05) is 5.73 Å². The number of nitrogens with two attached hydrogens (primary N) is 1. The smallest absolute Gasteiger partial charge is 0.408 e. The van der Waals surface area contributed by atoms with E-state index in [0.717, 1.165) is 5.56 Å². The Morgan fingerprint density at radius 3 is 1.70 bits per heavy atom. The molecule has 2 atom stereocenters. The molecule has 1 aromatic rings. The molecule has 0 heterocycles. The van der Waals surface area contributed by atoms with Crippen LogP contribution >= 0.6 is 0 Å². The largest absolute Gasteiger partial charge is 0.460 e. The van der Waals surface area contributed by atoms with Crippen LogP contribution in [0.5, 0.6) is 0 Å². The number of carbonyl (C=O) groups is 3. The van der Waals surface area contributed by atoms with Gasteiger partial charge in [0.15, 0.2) is 0 Å². The predicted molar refractivity (Wildman–Crippen MR) is 128 cm³/mol. The number of rotatable bonds is 7. The summed E-state index contributed by atoms with van der Waals surface area (Å²) in [6.07, 6.45) is -0.494. The van der Waals surface area contributed by atoms with Crippen LogP contribution in [-0.2, 0) is 30.2 Å². The molecule has 0 radical (unpaired) electrons. The first kappa shape index (κ1) is 28.3. The van der Waals surface area contributed by atoms with Crippen LogP contribution in [0, 0.1) is 5.92 Å². The molecule has 8 heteroatoms. The number of ether oxygens (including phenoxy) is 3. The van der Waals surface area contributed by atoms with Crippen LogP contribution in [0.1, 0.15) is 74.3 Å². The molecule has 33 heavy (non-hydrogen) atoms. The van der Waals surface area contributed by atoms with Gasteiger partial charge in [0.1, 0.15) is 22.8 Å². The first-order chi connectivity index (χ1) is 14.8. The van der Waals surface area contributed by atoms with E-state index < -0.39 is 46.8 Å². The number of amides is 1. The lowest BCUT2D eigenvalue weighted by molar-refractivity contribution is -0.162. The number of hydrogen-bond donors (Lipinski definition) is 2. The van der Waals surface area contributed by atoms with Crippen molar-refractivity contribution in [3.05, 3.63) is 29.8 Å². The summed E-state index contributed by atoms with van der Waals surface area (Å²) in [7, 11) is 0. The van der Waals surface area contributed by atoms with Gasteiger partial charge in [0.2, 0.25) is 0 Å². The van der Waals surface area contributed by atoms with Crippen LogP contribution in [0.4, 0.5) is 10.5 Å². The lowest BCUT2D eigenvalue weighted by Crippen LogP contribution is -2.48. The topological polar surface area (TPSA) is 117 Å². The molecule has 0 aromatic heterocycles. The molecule has 1 aromatic carbocycles. The molecular weight excluding hydrogens is 424 g/mol. The van der Waals surface area contributed by atoms with Crippen LogP contribution in [0.15, 0.2) is 24.3 Å². The van der Waals surface area contributed by atoms with E-state index >= 15 is 0 Å². The minimum absolute atomic E-state index is 0.0204. The standard InChI is InChI=1S/C25H40N2O6/c1-23(2,3)31-20(28)17(14-16-10-12-18(26)13-11-16)15-19(21(29)32-24(4,5)6)27-22(30)33-25(7,8)9/h10-13,17,19H,14-15,26H2,1-9H3,(H,27,30)/t17-,19-/m0/s1. The Kier molecular flexibility index (Phi) is 9.33. The summed E-state index contributed by atoms with van der Waals surface area (Å²) in [6.45, 7) is 15.7. The van der Waals surface area contributed by atoms with Gasteiger partial charge in [0.25, 0.3) is 0 Å². The Bertz CT molecular complexity index is 813. The van der Waals surface area contributed by atoms with Gasteiger partial charge >= 0.3 is 18.0 Å². The van der Waals surface area contributed by atoms with Crippen molar-refractivity contribution < 1.29 is 28.6 Å². The minimum Gasteiger partial charge on any atom is -0.460 e. The van der Waals surface area contributed by atoms with Gasteiger partial charge in [-0.05, 0) is 92.9 Å². The van der Waals surface area contributed by atoms with Gasteiger partial charge in [-0.15, -0.1) is 0 Å². The van der Waals surface area contributed by atoms with E-state index in [4.69, 9.17) is 19.9 Å². The highest BCUT2D eigenvalue weighted by Gasteiger charge is 2.35. The normalized spacial score (nSPS) is 14.1. The molecule has 0 saturated heterocycles. The van der Waals surface area contributed by atoms with E-state index in [-0.39, 0.29) is 6.42 Å². The summed E-state index contributed by atoms with van der Waals surface area (Å²) >= 11 is 0. The maximum Gasteiger partial charge on any atom is 0.408 e. The van der Waals surface area contributed by atoms with Crippen molar-refractivity contribution in [3.63, 3.8) is 0 Å². The number of alkyl carbamates (subject to hydrolysis) is 1. The van der Waals surface area contributed by atoms with Crippen molar-refractivity contribution in [2.24, 2.45) is 5.92 Å². The molecule has 3 N–H and O–H groups in total. The summed E-state index contributed by atoms with van der Waals surface area (Å²) in [4.78, 5) is 38.4. The summed E-state index contributed by atoms with van der Waals surface area (Å²) < 4.78 is 16.4. The SMILES string of the molecule is CC(C)(C)OC(=O)N[C@@H](C[C@H](Cc1ccc(N)cc1)C(=O)OC(C)(C)C)C(=O)OC(C)(C)C. The lowest BCUT2D eigenvalue weighted by atomic mass is 9.92. The first-order valence-corrected chi connectivity index (χ1v) is 11.1. The van der Waals surface area contributed by atoms with E-state index in [2.05, 4.69) is 5.32 Å². The van der Waals surface area contributed by atoms with Gasteiger partial charge in [0, 0.05) is 5.69 Å². The third-order valence-electron chi connectivity index (χ3n) is 4.10. The predicted octanol–water partition coefficient (Wildman–Crippen LogP) is 4.39. The van der Waals surface area contributed by atoms with Gasteiger partial charge < -0.3 is 25.3 Å². The Morgan fingerprint density at radius 2 is 1.24 bits per heavy atom. The lowest BCUT2D eigenvalue weighted by Gasteiger charge is -2.29. The minimum atomic E-state index is -1.11. The van der Waals surface area contributed by atoms with Gasteiger partial charge in [-0.1, -0.05) is 12.1 Å². The third-order valence-corrected chi connectivity index (χ3v) is 4.10. The highest BCUT2D eigenvalue weighted by atomic mass is 16.6. The molecule has 1 rings (SSSR count). The average molecular weight is 465 g/mol. The number of hydrogen-bond acceptors (Lipinski definition) is 7. The fourth-order valence-corrected chi connectivity index (χ4v) is 2.91. The Balaban J connectivity index is 3.21. The molecule has 186 valence electrons. The molecule has 8 nitrogen and oxygen atoms in total. The average Bonchev–Trinajstić information content (AvgIpc) is 2.57. The summed E-state index contributed by atoms with van der Waals surface area (Å²) in [5.41, 5.74) is 4.98. The summed E-state index contributed by atoms with van der Waals surface area (Å²) in [6, 6.07) is 6.01. The number of esters is 2. The fraction of sp³-hybridized carbons (Fsp3) is 0.640. The summed E-state index contributed by atoms with van der Waals surface area (Å²) in [5, 5.41) is 2.58. The van der Waals surface area contributed by atoms with E-state index in [1.807, 2.05) is 12.1 Å². The van der Waals surface area contributed by atoms with Crippen molar-refractivity contribution >= 4 is 23.7 Å².